The molecule has 1 rings (SSSR count). The molecule has 0 saturated carbocycles. The minimum absolute atomic E-state index is 0.0550. The Kier molecular flexibility index (Phi) is 2.69. The maximum Gasteiger partial charge on any atom is 0.338 e. The molecule has 0 amide bonds. The van der Waals surface area contributed by atoms with Gasteiger partial charge in [-0.1, -0.05) is 0 Å². The molecule has 1 radical (unpaired) electrons. The highest BCUT2D eigenvalue weighted by Crippen LogP contribution is 2.10. The van der Waals surface area contributed by atoms with E-state index >= 15 is 0 Å². The van der Waals surface area contributed by atoms with E-state index in [0.29, 0.717) is 12.2 Å². The number of phenols is 1. The van der Waals surface area contributed by atoms with Crippen molar-refractivity contribution >= 4 is 5.97 Å². The van der Waals surface area contributed by atoms with Gasteiger partial charge in [0.05, 0.1) is 12.2 Å². The third-order valence-corrected chi connectivity index (χ3v) is 1.30. The molecule has 0 atom stereocenters. The van der Waals surface area contributed by atoms with E-state index in [0.717, 1.165) is 0 Å². The second-order valence-corrected chi connectivity index (χ2v) is 2.18. The summed E-state index contributed by atoms with van der Waals surface area (Å²) in [6.07, 6.45) is 0. The van der Waals surface area contributed by atoms with Crippen molar-refractivity contribution in [3.63, 3.8) is 0 Å². The first-order valence-electron chi connectivity index (χ1n) is 3.62. The van der Waals surface area contributed by atoms with Gasteiger partial charge in [-0.15, -0.1) is 0 Å². The molecule has 0 fully saturated rings. The number of rotatable bonds is 2. The van der Waals surface area contributed by atoms with Crippen molar-refractivity contribution in [2.24, 2.45) is 0 Å². The molecular weight excluding hydrogens is 156 g/mol. The third-order valence-electron chi connectivity index (χ3n) is 1.30. The second-order valence-electron chi connectivity index (χ2n) is 2.18. The van der Waals surface area contributed by atoms with Gasteiger partial charge in [0.25, 0.3) is 0 Å². The number of hydrogen-bond acceptors (Lipinski definition) is 3. The second kappa shape index (κ2) is 3.76. The van der Waals surface area contributed by atoms with Crippen molar-refractivity contribution < 1.29 is 14.6 Å². The molecule has 0 unspecified atom stereocenters. The molecule has 3 heteroatoms. The van der Waals surface area contributed by atoms with E-state index in [2.05, 4.69) is 6.07 Å². The molecule has 0 aromatic heterocycles. The van der Waals surface area contributed by atoms with Crippen LogP contribution in [0, 0.1) is 6.07 Å². The fourth-order valence-electron chi connectivity index (χ4n) is 0.795. The number of carbonyl (C=O) groups is 1. The van der Waals surface area contributed by atoms with Crippen LogP contribution in [0.1, 0.15) is 17.3 Å². The predicted molar refractivity (Wildman–Crippen MR) is 42.9 cm³/mol. The van der Waals surface area contributed by atoms with Crippen molar-refractivity contribution in [3.05, 3.63) is 29.8 Å². The summed E-state index contributed by atoms with van der Waals surface area (Å²) in [6, 6.07) is 6.85. The summed E-state index contributed by atoms with van der Waals surface area (Å²) in [6.45, 7) is 2.06. The molecule has 3 nitrogen and oxygen atoms in total. The Bertz CT molecular complexity index is 281. The van der Waals surface area contributed by atoms with Crippen molar-refractivity contribution in [2.75, 3.05) is 6.61 Å². The third kappa shape index (κ3) is 1.99. The SMILES string of the molecule is CCOC(=O)c1cc[c]c(O)c1. The van der Waals surface area contributed by atoms with E-state index in [1.54, 1.807) is 6.92 Å². The Balaban J connectivity index is 2.81. The number of ether oxygens (including phenoxy) is 1. The zero-order valence-corrected chi connectivity index (χ0v) is 6.70. The smallest absolute Gasteiger partial charge is 0.338 e. The van der Waals surface area contributed by atoms with E-state index in [1.165, 1.54) is 18.2 Å². The summed E-state index contributed by atoms with van der Waals surface area (Å²) in [5.74, 6) is -0.484. The molecule has 63 valence electrons. The van der Waals surface area contributed by atoms with Gasteiger partial charge in [-0.3, -0.25) is 0 Å². The lowest BCUT2D eigenvalue weighted by Gasteiger charge is -2.00. The van der Waals surface area contributed by atoms with Crippen LogP contribution >= 0.6 is 0 Å². The number of aromatic hydroxyl groups is 1. The first kappa shape index (κ1) is 8.59. The standard InChI is InChI=1S/C9H9O3/c1-2-12-9(11)7-4-3-5-8(10)6-7/h3-4,6,10H,2H2,1H3. The number of benzene rings is 1. The quantitative estimate of drug-likeness (QED) is 0.673. The normalized spacial score (nSPS) is 9.42. The molecule has 1 aromatic rings. The summed E-state index contributed by atoms with van der Waals surface area (Å²) in [5.41, 5.74) is 0.341. The lowest BCUT2D eigenvalue weighted by Crippen LogP contribution is -2.03. The van der Waals surface area contributed by atoms with Gasteiger partial charge in [0.1, 0.15) is 5.75 Å². The van der Waals surface area contributed by atoms with Gasteiger partial charge in [0.15, 0.2) is 0 Å². The molecule has 0 bridgehead atoms. The van der Waals surface area contributed by atoms with Crippen LogP contribution in [0.5, 0.6) is 5.75 Å². The summed E-state index contributed by atoms with van der Waals surface area (Å²) in [4.78, 5) is 11.0. The highest BCUT2D eigenvalue weighted by Gasteiger charge is 2.05. The van der Waals surface area contributed by atoms with Crippen LogP contribution in [0.4, 0.5) is 0 Å². The number of esters is 1. The largest absolute Gasteiger partial charge is 0.507 e. The number of carbonyl (C=O) groups excluding carboxylic acids is 1. The van der Waals surface area contributed by atoms with E-state index in [4.69, 9.17) is 9.84 Å². The highest BCUT2D eigenvalue weighted by atomic mass is 16.5. The summed E-state index contributed by atoms with van der Waals surface area (Å²) >= 11 is 0. The molecule has 1 aromatic carbocycles. The van der Waals surface area contributed by atoms with Gasteiger partial charge in [-0.05, 0) is 25.1 Å². The zero-order valence-electron chi connectivity index (χ0n) is 6.70. The maximum atomic E-state index is 11.0. The van der Waals surface area contributed by atoms with Crippen LogP contribution in [0.2, 0.25) is 0 Å². The summed E-state index contributed by atoms with van der Waals surface area (Å²) in [5, 5.41) is 8.97. The molecule has 0 aliphatic carbocycles. The molecule has 0 saturated heterocycles. The van der Waals surface area contributed by atoms with E-state index < -0.39 is 5.97 Å². The number of hydrogen-bond donors (Lipinski definition) is 1. The minimum atomic E-state index is -0.429. The average molecular weight is 165 g/mol. The molecule has 1 N–H and O–H groups in total. The lowest BCUT2D eigenvalue weighted by molar-refractivity contribution is 0.0526. The van der Waals surface area contributed by atoms with Gasteiger partial charge in [0.2, 0.25) is 0 Å². The fourth-order valence-corrected chi connectivity index (χ4v) is 0.795. The van der Waals surface area contributed by atoms with Crippen molar-refractivity contribution in [2.45, 2.75) is 6.92 Å². The average Bonchev–Trinajstić information content (AvgIpc) is 2.05. The van der Waals surface area contributed by atoms with Crippen molar-refractivity contribution in [1.29, 1.82) is 0 Å². The molecular formula is C9H9O3. The van der Waals surface area contributed by atoms with Crippen LogP contribution in [-0.2, 0) is 4.74 Å². The van der Waals surface area contributed by atoms with Gasteiger partial charge >= 0.3 is 5.97 Å². The van der Waals surface area contributed by atoms with Gasteiger partial charge in [-0.2, -0.15) is 0 Å². The highest BCUT2D eigenvalue weighted by molar-refractivity contribution is 5.89. The monoisotopic (exact) mass is 165 g/mol. The minimum Gasteiger partial charge on any atom is -0.507 e. The Morgan fingerprint density at radius 3 is 3.08 bits per heavy atom. The first-order valence-corrected chi connectivity index (χ1v) is 3.62. The topological polar surface area (TPSA) is 46.5 Å². The molecule has 0 heterocycles. The Hall–Kier alpha value is -1.51. The van der Waals surface area contributed by atoms with Crippen molar-refractivity contribution in [1.82, 2.24) is 0 Å². The summed E-state index contributed by atoms with van der Waals surface area (Å²) in [7, 11) is 0. The molecule has 12 heavy (non-hydrogen) atoms. The summed E-state index contributed by atoms with van der Waals surface area (Å²) < 4.78 is 4.72. The lowest BCUT2D eigenvalue weighted by atomic mass is 10.2. The Morgan fingerprint density at radius 2 is 2.50 bits per heavy atom. The Morgan fingerprint density at radius 1 is 1.75 bits per heavy atom. The van der Waals surface area contributed by atoms with Crippen LogP contribution in [0.3, 0.4) is 0 Å². The fraction of sp³-hybridized carbons (Fsp3) is 0.222. The van der Waals surface area contributed by atoms with Crippen LogP contribution in [-0.4, -0.2) is 17.7 Å². The van der Waals surface area contributed by atoms with Crippen molar-refractivity contribution in [3.8, 4) is 5.75 Å². The van der Waals surface area contributed by atoms with Crippen LogP contribution in [0.15, 0.2) is 18.2 Å². The van der Waals surface area contributed by atoms with E-state index in [1.807, 2.05) is 0 Å². The molecule has 0 aliphatic rings. The Labute approximate surface area is 70.6 Å². The van der Waals surface area contributed by atoms with Crippen LogP contribution in [0.25, 0.3) is 0 Å². The van der Waals surface area contributed by atoms with Gasteiger partial charge < -0.3 is 9.84 Å². The van der Waals surface area contributed by atoms with E-state index in [9.17, 15) is 4.79 Å². The first-order chi connectivity index (χ1) is 5.74. The molecule has 0 spiro atoms. The van der Waals surface area contributed by atoms with Crippen LogP contribution < -0.4 is 0 Å². The predicted octanol–water partition coefficient (Wildman–Crippen LogP) is 1.37. The zero-order chi connectivity index (χ0) is 8.97. The number of phenolic OH excluding ortho intramolecular Hbond substituents is 1. The van der Waals surface area contributed by atoms with E-state index in [-0.39, 0.29) is 5.75 Å². The van der Waals surface area contributed by atoms with Gasteiger partial charge in [-0.25, -0.2) is 4.79 Å². The van der Waals surface area contributed by atoms with Gasteiger partial charge in [0, 0.05) is 6.07 Å². The maximum absolute atomic E-state index is 11.0. The molecule has 0 aliphatic heterocycles.